The Kier molecular flexibility index (Phi) is 9.83. The second kappa shape index (κ2) is 9.97. The van der Waals surface area contributed by atoms with E-state index in [1.807, 2.05) is 0 Å². The van der Waals surface area contributed by atoms with Crippen LogP contribution in [0.5, 0.6) is 0 Å². The number of hydrogen-bond donors (Lipinski definition) is 2. The number of rotatable bonds is 9. The van der Waals surface area contributed by atoms with Crippen molar-refractivity contribution in [2.45, 2.75) is 44.8 Å². The molecule has 0 bridgehead atoms. The molecule has 96 valence electrons. The van der Waals surface area contributed by atoms with Gasteiger partial charge in [0.2, 0.25) is 5.91 Å². The molecule has 2 unspecified atom stereocenters. The summed E-state index contributed by atoms with van der Waals surface area (Å²) in [6.07, 6.45) is 5.81. The van der Waals surface area contributed by atoms with Crippen LogP contribution in [-0.2, 0) is 4.79 Å². The Morgan fingerprint density at radius 3 is 2.62 bits per heavy atom. The first-order chi connectivity index (χ1) is 7.63. The van der Waals surface area contributed by atoms with Crippen molar-refractivity contribution in [1.82, 2.24) is 5.32 Å². The fourth-order valence-electron chi connectivity index (χ4n) is 1.55. The molecule has 2 atom stereocenters. The van der Waals surface area contributed by atoms with E-state index in [1.54, 1.807) is 11.8 Å². The highest BCUT2D eigenvalue weighted by atomic mass is 32.2. The third kappa shape index (κ3) is 7.99. The SMILES string of the molecule is CCC(CCN)CCC(=O)NCC(C)SC. The molecule has 0 rings (SSSR count). The maximum Gasteiger partial charge on any atom is 0.220 e. The lowest BCUT2D eigenvalue weighted by Gasteiger charge is -2.14. The van der Waals surface area contributed by atoms with Crippen molar-refractivity contribution in [3.63, 3.8) is 0 Å². The van der Waals surface area contributed by atoms with Gasteiger partial charge in [-0.15, -0.1) is 0 Å². The van der Waals surface area contributed by atoms with Gasteiger partial charge in [-0.2, -0.15) is 11.8 Å². The number of amides is 1. The van der Waals surface area contributed by atoms with Gasteiger partial charge < -0.3 is 11.1 Å². The van der Waals surface area contributed by atoms with E-state index < -0.39 is 0 Å². The third-order valence-electron chi connectivity index (χ3n) is 2.92. The predicted octanol–water partition coefficient (Wildman–Crippen LogP) is 2.01. The second-order valence-corrected chi connectivity index (χ2v) is 5.52. The fourth-order valence-corrected chi connectivity index (χ4v) is 1.80. The minimum atomic E-state index is 0.177. The van der Waals surface area contributed by atoms with E-state index in [9.17, 15) is 4.79 Å². The zero-order valence-electron chi connectivity index (χ0n) is 10.8. The van der Waals surface area contributed by atoms with Crippen LogP contribution in [0.1, 0.15) is 39.5 Å². The van der Waals surface area contributed by atoms with Crippen molar-refractivity contribution in [2.75, 3.05) is 19.3 Å². The molecule has 0 fully saturated rings. The molecular formula is C12H26N2OS. The molecule has 0 heterocycles. The van der Waals surface area contributed by atoms with Crippen LogP contribution in [-0.4, -0.2) is 30.5 Å². The summed E-state index contributed by atoms with van der Waals surface area (Å²) in [6, 6.07) is 0. The van der Waals surface area contributed by atoms with Crippen LogP contribution >= 0.6 is 11.8 Å². The van der Waals surface area contributed by atoms with Gasteiger partial charge >= 0.3 is 0 Å². The lowest BCUT2D eigenvalue weighted by atomic mass is 9.96. The molecule has 3 nitrogen and oxygen atoms in total. The summed E-state index contributed by atoms with van der Waals surface area (Å²) < 4.78 is 0. The smallest absolute Gasteiger partial charge is 0.220 e. The van der Waals surface area contributed by atoms with E-state index in [4.69, 9.17) is 5.73 Å². The van der Waals surface area contributed by atoms with Crippen molar-refractivity contribution < 1.29 is 4.79 Å². The number of carbonyl (C=O) groups excluding carboxylic acids is 1. The van der Waals surface area contributed by atoms with Crippen molar-refractivity contribution in [2.24, 2.45) is 11.7 Å². The average Bonchev–Trinajstić information content (AvgIpc) is 2.31. The van der Waals surface area contributed by atoms with Crippen molar-refractivity contribution in [3.05, 3.63) is 0 Å². The van der Waals surface area contributed by atoms with E-state index in [0.717, 1.165) is 32.4 Å². The van der Waals surface area contributed by atoms with Gasteiger partial charge in [-0.3, -0.25) is 4.79 Å². The first-order valence-electron chi connectivity index (χ1n) is 6.13. The van der Waals surface area contributed by atoms with Crippen LogP contribution in [0, 0.1) is 5.92 Å². The van der Waals surface area contributed by atoms with Crippen LogP contribution < -0.4 is 11.1 Å². The number of nitrogens with two attached hydrogens (primary N) is 1. The Labute approximate surface area is 104 Å². The molecule has 0 aromatic heterocycles. The average molecular weight is 246 g/mol. The van der Waals surface area contributed by atoms with Gasteiger partial charge in [0.05, 0.1) is 0 Å². The van der Waals surface area contributed by atoms with Gasteiger partial charge in [-0.25, -0.2) is 0 Å². The molecule has 0 saturated carbocycles. The zero-order valence-corrected chi connectivity index (χ0v) is 11.6. The molecule has 0 spiro atoms. The molecule has 0 saturated heterocycles. The normalized spacial score (nSPS) is 14.5. The largest absolute Gasteiger partial charge is 0.355 e. The van der Waals surface area contributed by atoms with Crippen LogP contribution in [0.25, 0.3) is 0 Å². The number of carbonyl (C=O) groups is 1. The lowest BCUT2D eigenvalue weighted by molar-refractivity contribution is -0.121. The van der Waals surface area contributed by atoms with Gasteiger partial charge in [-0.1, -0.05) is 20.3 Å². The molecule has 0 aliphatic rings. The molecular weight excluding hydrogens is 220 g/mol. The second-order valence-electron chi connectivity index (χ2n) is 4.24. The number of nitrogens with one attached hydrogen (secondary N) is 1. The molecule has 0 aromatic rings. The molecule has 0 aromatic carbocycles. The first kappa shape index (κ1) is 15.8. The van der Waals surface area contributed by atoms with Gasteiger partial charge in [0, 0.05) is 18.2 Å². The minimum Gasteiger partial charge on any atom is -0.355 e. The Morgan fingerprint density at radius 1 is 1.44 bits per heavy atom. The molecule has 16 heavy (non-hydrogen) atoms. The molecule has 1 amide bonds. The van der Waals surface area contributed by atoms with E-state index >= 15 is 0 Å². The number of hydrogen-bond acceptors (Lipinski definition) is 3. The highest BCUT2D eigenvalue weighted by molar-refractivity contribution is 7.99. The van der Waals surface area contributed by atoms with E-state index in [2.05, 4.69) is 25.4 Å². The summed E-state index contributed by atoms with van der Waals surface area (Å²) in [7, 11) is 0. The van der Waals surface area contributed by atoms with E-state index in [-0.39, 0.29) is 5.91 Å². The Hall–Kier alpha value is -0.220. The van der Waals surface area contributed by atoms with E-state index in [0.29, 0.717) is 17.6 Å². The monoisotopic (exact) mass is 246 g/mol. The lowest BCUT2D eigenvalue weighted by Crippen LogP contribution is -2.29. The zero-order chi connectivity index (χ0) is 12.4. The quantitative estimate of drug-likeness (QED) is 0.654. The highest BCUT2D eigenvalue weighted by Crippen LogP contribution is 2.14. The van der Waals surface area contributed by atoms with Gasteiger partial charge in [0.1, 0.15) is 0 Å². The van der Waals surface area contributed by atoms with Crippen LogP contribution in [0.2, 0.25) is 0 Å². The Bertz CT molecular complexity index is 188. The summed E-state index contributed by atoms with van der Waals surface area (Å²) in [4.78, 5) is 11.5. The molecule has 0 aliphatic carbocycles. The van der Waals surface area contributed by atoms with Gasteiger partial charge in [0.25, 0.3) is 0 Å². The van der Waals surface area contributed by atoms with Crippen molar-refractivity contribution in [1.29, 1.82) is 0 Å². The maximum atomic E-state index is 11.5. The molecule has 3 N–H and O–H groups in total. The topological polar surface area (TPSA) is 55.1 Å². The highest BCUT2D eigenvalue weighted by Gasteiger charge is 2.09. The van der Waals surface area contributed by atoms with Crippen LogP contribution in [0.15, 0.2) is 0 Å². The Morgan fingerprint density at radius 2 is 2.12 bits per heavy atom. The molecule has 0 aliphatic heterocycles. The fraction of sp³-hybridized carbons (Fsp3) is 0.917. The van der Waals surface area contributed by atoms with Gasteiger partial charge in [0.15, 0.2) is 0 Å². The molecule has 0 radical (unpaired) electrons. The van der Waals surface area contributed by atoms with Gasteiger partial charge in [-0.05, 0) is 31.6 Å². The summed E-state index contributed by atoms with van der Waals surface area (Å²) in [5.41, 5.74) is 5.52. The third-order valence-corrected chi connectivity index (χ3v) is 3.89. The Balaban J connectivity index is 3.62. The van der Waals surface area contributed by atoms with Crippen molar-refractivity contribution in [3.8, 4) is 0 Å². The molecule has 4 heteroatoms. The van der Waals surface area contributed by atoms with Crippen molar-refractivity contribution >= 4 is 17.7 Å². The first-order valence-corrected chi connectivity index (χ1v) is 7.42. The van der Waals surface area contributed by atoms with E-state index in [1.165, 1.54) is 0 Å². The maximum absolute atomic E-state index is 11.5. The predicted molar refractivity (Wildman–Crippen MR) is 72.7 cm³/mol. The standard InChI is InChI=1S/C12H26N2OS/c1-4-11(7-8-13)5-6-12(15)14-9-10(2)16-3/h10-11H,4-9,13H2,1-3H3,(H,14,15). The van der Waals surface area contributed by atoms with Crippen LogP contribution in [0.3, 0.4) is 0 Å². The summed E-state index contributed by atoms with van der Waals surface area (Å²) in [5, 5.41) is 3.46. The summed E-state index contributed by atoms with van der Waals surface area (Å²) in [5.74, 6) is 0.782. The van der Waals surface area contributed by atoms with Crippen LogP contribution in [0.4, 0.5) is 0 Å². The minimum absolute atomic E-state index is 0.177. The summed E-state index contributed by atoms with van der Waals surface area (Å²) >= 11 is 1.77. The summed E-state index contributed by atoms with van der Waals surface area (Å²) in [6.45, 7) is 5.78. The number of thioether (sulfide) groups is 1.